The third-order valence-electron chi connectivity index (χ3n) is 2.89. The summed E-state index contributed by atoms with van der Waals surface area (Å²) < 4.78 is 1.53. The molecule has 0 saturated heterocycles. The molecule has 0 spiro atoms. The zero-order valence-corrected chi connectivity index (χ0v) is 12.3. The van der Waals surface area contributed by atoms with Crippen LogP contribution in [0.1, 0.15) is 11.3 Å². The Hall–Kier alpha value is -2.98. The highest BCUT2D eigenvalue weighted by molar-refractivity contribution is 6.33. The van der Waals surface area contributed by atoms with Crippen molar-refractivity contribution in [1.82, 2.24) is 24.7 Å². The van der Waals surface area contributed by atoms with Gasteiger partial charge in [-0.15, -0.1) is 0 Å². The molecule has 0 aliphatic rings. The highest BCUT2D eigenvalue weighted by atomic mass is 35.5. The second-order valence-corrected chi connectivity index (χ2v) is 4.82. The van der Waals surface area contributed by atoms with Crippen LogP contribution in [0.15, 0.2) is 36.9 Å². The molecule has 108 valence electrons. The van der Waals surface area contributed by atoms with Gasteiger partial charge in [-0.05, 0) is 19.1 Å². The van der Waals surface area contributed by atoms with Crippen LogP contribution < -0.4 is 5.32 Å². The Kier molecular flexibility index (Phi) is 3.68. The van der Waals surface area contributed by atoms with E-state index in [1.807, 2.05) is 6.07 Å². The number of hydrogen-bond donors (Lipinski definition) is 1. The monoisotopic (exact) mass is 311 g/mol. The van der Waals surface area contributed by atoms with Crippen molar-refractivity contribution in [1.29, 1.82) is 5.26 Å². The van der Waals surface area contributed by atoms with E-state index in [0.29, 0.717) is 33.7 Å². The van der Waals surface area contributed by atoms with Gasteiger partial charge in [-0.25, -0.2) is 19.6 Å². The van der Waals surface area contributed by atoms with Gasteiger partial charge >= 0.3 is 0 Å². The fourth-order valence-corrected chi connectivity index (χ4v) is 2.02. The molecule has 3 aromatic rings. The summed E-state index contributed by atoms with van der Waals surface area (Å²) in [6, 6.07) is 5.36. The van der Waals surface area contributed by atoms with Crippen LogP contribution in [0.25, 0.3) is 5.95 Å². The normalized spacial score (nSPS) is 10.2. The molecule has 0 fully saturated rings. The zero-order chi connectivity index (χ0) is 15.5. The number of nitriles is 1. The molecule has 0 aromatic carbocycles. The molecule has 3 rings (SSSR count). The minimum absolute atomic E-state index is 0.367. The minimum Gasteiger partial charge on any atom is -0.336 e. The van der Waals surface area contributed by atoms with Crippen LogP contribution >= 0.6 is 11.6 Å². The van der Waals surface area contributed by atoms with Crippen LogP contribution in [0.5, 0.6) is 0 Å². The van der Waals surface area contributed by atoms with Gasteiger partial charge in [0.05, 0.1) is 34.4 Å². The van der Waals surface area contributed by atoms with Crippen molar-refractivity contribution in [3.8, 4) is 12.0 Å². The molecule has 0 saturated carbocycles. The molecule has 22 heavy (non-hydrogen) atoms. The molecule has 0 unspecified atom stereocenters. The Morgan fingerprint density at radius 2 is 2.09 bits per heavy atom. The Bertz CT molecular complexity index is 851. The summed E-state index contributed by atoms with van der Waals surface area (Å²) in [4.78, 5) is 12.5. The zero-order valence-electron chi connectivity index (χ0n) is 11.5. The second kappa shape index (κ2) is 5.79. The molecule has 0 radical (unpaired) electrons. The Labute approximate surface area is 131 Å². The summed E-state index contributed by atoms with van der Waals surface area (Å²) in [5, 5.41) is 16.6. The lowest BCUT2D eigenvalue weighted by Gasteiger charge is -2.07. The molecule has 3 aromatic heterocycles. The molecular weight excluding hydrogens is 302 g/mol. The topological polar surface area (TPSA) is 92.3 Å². The number of hydrogen-bond acceptors (Lipinski definition) is 6. The third-order valence-corrected chi connectivity index (χ3v) is 3.18. The van der Waals surface area contributed by atoms with E-state index in [2.05, 4.69) is 25.4 Å². The Balaban J connectivity index is 1.87. The first-order valence-electron chi connectivity index (χ1n) is 6.33. The fraction of sp³-hybridized carbons (Fsp3) is 0.0714. The maximum absolute atomic E-state index is 8.96. The van der Waals surface area contributed by atoms with E-state index in [-0.39, 0.29) is 0 Å². The maximum atomic E-state index is 8.96. The van der Waals surface area contributed by atoms with Crippen LogP contribution in [-0.4, -0.2) is 24.7 Å². The number of nitrogens with one attached hydrogen (secondary N) is 1. The van der Waals surface area contributed by atoms with Gasteiger partial charge < -0.3 is 5.32 Å². The van der Waals surface area contributed by atoms with Gasteiger partial charge in [0.1, 0.15) is 11.9 Å². The Morgan fingerprint density at radius 1 is 1.32 bits per heavy atom. The molecule has 7 nitrogen and oxygen atoms in total. The van der Waals surface area contributed by atoms with Gasteiger partial charge in [0.2, 0.25) is 5.95 Å². The number of anilines is 2. The largest absolute Gasteiger partial charge is 0.336 e. The number of aromatic nitrogens is 5. The summed E-state index contributed by atoms with van der Waals surface area (Å²) in [5.41, 5.74) is 1.74. The van der Waals surface area contributed by atoms with Crippen molar-refractivity contribution >= 4 is 23.1 Å². The van der Waals surface area contributed by atoms with Crippen LogP contribution in [0, 0.1) is 18.3 Å². The summed E-state index contributed by atoms with van der Waals surface area (Å²) in [5.74, 6) is 0.928. The van der Waals surface area contributed by atoms with Crippen molar-refractivity contribution in [3.05, 3.63) is 53.2 Å². The van der Waals surface area contributed by atoms with E-state index in [9.17, 15) is 0 Å². The first-order chi connectivity index (χ1) is 10.7. The highest BCUT2D eigenvalue weighted by Crippen LogP contribution is 2.25. The molecule has 0 aliphatic carbocycles. The lowest BCUT2D eigenvalue weighted by atomic mass is 10.2. The lowest BCUT2D eigenvalue weighted by Crippen LogP contribution is -2.00. The minimum atomic E-state index is 0.367. The average Bonchev–Trinajstić information content (AvgIpc) is 3.00. The summed E-state index contributed by atoms with van der Waals surface area (Å²) in [7, 11) is 0. The van der Waals surface area contributed by atoms with E-state index in [1.165, 1.54) is 4.68 Å². The first kappa shape index (κ1) is 14.0. The maximum Gasteiger partial charge on any atom is 0.250 e. The van der Waals surface area contributed by atoms with Crippen molar-refractivity contribution in [2.24, 2.45) is 0 Å². The van der Waals surface area contributed by atoms with Gasteiger partial charge in [0.15, 0.2) is 0 Å². The molecule has 8 heteroatoms. The number of aryl methyl sites for hydroxylation is 1. The molecule has 0 bridgehead atoms. The molecule has 0 atom stereocenters. The number of halogens is 1. The summed E-state index contributed by atoms with van der Waals surface area (Å²) in [6.45, 7) is 1.75. The van der Waals surface area contributed by atoms with Gasteiger partial charge in [-0.1, -0.05) is 11.6 Å². The quantitative estimate of drug-likeness (QED) is 0.799. The summed E-state index contributed by atoms with van der Waals surface area (Å²) in [6.07, 6.45) is 6.61. The fourth-order valence-electron chi connectivity index (χ4n) is 1.82. The van der Waals surface area contributed by atoms with Crippen LogP contribution in [0.3, 0.4) is 0 Å². The number of nitrogens with zero attached hydrogens (tertiary/aromatic N) is 6. The highest BCUT2D eigenvalue weighted by Gasteiger charge is 2.09. The number of rotatable bonds is 3. The Morgan fingerprint density at radius 3 is 2.82 bits per heavy atom. The van der Waals surface area contributed by atoms with Crippen molar-refractivity contribution < 1.29 is 0 Å². The van der Waals surface area contributed by atoms with E-state index in [1.54, 1.807) is 43.8 Å². The predicted molar refractivity (Wildman–Crippen MR) is 81.1 cm³/mol. The lowest BCUT2D eigenvalue weighted by molar-refractivity contribution is 0.808. The van der Waals surface area contributed by atoms with E-state index < -0.39 is 0 Å². The van der Waals surface area contributed by atoms with Crippen LogP contribution in [-0.2, 0) is 0 Å². The third kappa shape index (κ3) is 2.73. The van der Waals surface area contributed by atoms with Crippen molar-refractivity contribution in [2.45, 2.75) is 6.92 Å². The van der Waals surface area contributed by atoms with Gasteiger partial charge in [0.25, 0.3) is 0 Å². The average molecular weight is 312 g/mol. The van der Waals surface area contributed by atoms with Gasteiger partial charge in [0, 0.05) is 12.4 Å². The molecule has 3 heterocycles. The van der Waals surface area contributed by atoms with E-state index in [4.69, 9.17) is 16.9 Å². The number of pyridine rings is 1. The first-order valence-corrected chi connectivity index (χ1v) is 6.71. The smallest absolute Gasteiger partial charge is 0.250 e. The standard InChI is InChI=1S/C14H10ClN7/c1-9-10(6-16)5-12(15)13(20-9)21-11-7-19-22(8-11)14-17-3-2-4-18-14/h2-5,7-8H,1H3,(H,20,21). The van der Waals surface area contributed by atoms with Crippen LogP contribution in [0.2, 0.25) is 5.02 Å². The van der Waals surface area contributed by atoms with Gasteiger partial charge in [-0.3, -0.25) is 0 Å². The van der Waals surface area contributed by atoms with Gasteiger partial charge in [-0.2, -0.15) is 10.4 Å². The molecule has 0 aliphatic heterocycles. The second-order valence-electron chi connectivity index (χ2n) is 4.41. The molecular formula is C14H10ClN7. The van der Waals surface area contributed by atoms with E-state index in [0.717, 1.165) is 0 Å². The summed E-state index contributed by atoms with van der Waals surface area (Å²) >= 11 is 6.13. The van der Waals surface area contributed by atoms with E-state index >= 15 is 0 Å². The van der Waals surface area contributed by atoms with Crippen molar-refractivity contribution in [3.63, 3.8) is 0 Å². The van der Waals surface area contributed by atoms with Crippen LogP contribution in [0.4, 0.5) is 11.5 Å². The predicted octanol–water partition coefficient (Wildman–Crippen LogP) is 2.63. The molecule has 0 amide bonds. The molecule has 1 N–H and O–H groups in total. The van der Waals surface area contributed by atoms with Crippen molar-refractivity contribution in [2.75, 3.05) is 5.32 Å². The SMILES string of the molecule is Cc1nc(Nc2cnn(-c3ncccn3)c2)c(Cl)cc1C#N.